The van der Waals surface area contributed by atoms with Crippen molar-refractivity contribution in [1.82, 2.24) is 14.7 Å². The van der Waals surface area contributed by atoms with Gasteiger partial charge >= 0.3 is 0 Å². The zero-order chi connectivity index (χ0) is 16.8. The number of benzene rings is 1. The van der Waals surface area contributed by atoms with Gasteiger partial charge in [0.2, 0.25) is 5.91 Å². The van der Waals surface area contributed by atoms with E-state index in [9.17, 15) is 4.79 Å². The molecule has 0 saturated carbocycles. The highest BCUT2D eigenvalue weighted by Gasteiger charge is 2.15. The molecule has 0 aliphatic carbocycles. The number of hydrogen-bond acceptors (Lipinski definition) is 3. The average Bonchev–Trinajstić information content (AvgIpc) is 3.10. The van der Waals surface area contributed by atoms with E-state index < -0.39 is 0 Å². The van der Waals surface area contributed by atoms with Crippen molar-refractivity contribution in [3.8, 4) is 0 Å². The second kappa shape index (κ2) is 8.11. The largest absolute Gasteiger partial charge is 0.326 e. The van der Waals surface area contributed by atoms with Crippen molar-refractivity contribution in [1.29, 1.82) is 0 Å². The predicted octanol–water partition coefficient (Wildman–Crippen LogP) is 3.14. The zero-order valence-corrected chi connectivity index (χ0v) is 14.3. The maximum atomic E-state index is 12.0. The third-order valence-corrected chi connectivity index (χ3v) is 4.65. The normalized spacial score (nSPS) is 16.2. The van der Waals surface area contributed by atoms with E-state index in [4.69, 9.17) is 0 Å². The lowest BCUT2D eigenvalue weighted by Gasteiger charge is -2.30. The molecule has 3 rings (SSSR count). The molecule has 5 heteroatoms. The number of carbonyl (C=O) groups excluding carboxylic acids is 1. The van der Waals surface area contributed by atoms with Gasteiger partial charge in [-0.15, -0.1) is 0 Å². The molecule has 0 spiro atoms. The Morgan fingerprint density at radius 1 is 1.25 bits per heavy atom. The van der Waals surface area contributed by atoms with Crippen molar-refractivity contribution in [2.24, 2.45) is 5.92 Å². The first-order valence-electron chi connectivity index (χ1n) is 8.77. The van der Waals surface area contributed by atoms with Crippen LogP contribution in [0.4, 0.5) is 5.69 Å². The first-order chi connectivity index (χ1) is 11.7. The summed E-state index contributed by atoms with van der Waals surface area (Å²) >= 11 is 0. The van der Waals surface area contributed by atoms with Crippen molar-refractivity contribution < 1.29 is 4.79 Å². The Balaban J connectivity index is 1.44. The van der Waals surface area contributed by atoms with Gasteiger partial charge in [0.15, 0.2) is 0 Å². The van der Waals surface area contributed by atoms with Crippen LogP contribution in [0.15, 0.2) is 42.7 Å². The number of piperidine rings is 1. The van der Waals surface area contributed by atoms with Crippen LogP contribution in [0.3, 0.4) is 0 Å². The molecule has 128 valence electrons. The Bertz CT molecular complexity index is 628. The minimum absolute atomic E-state index is 0.0169. The number of aromatic nitrogens is 2. The molecule has 0 unspecified atom stereocenters. The number of nitrogens with zero attached hydrogens (tertiary/aromatic N) is 3. The van der Waals surface area contributed by atoms with Crippen molar-refractivity contribution in [2.45, 2.75) is 39.3 Å². The van der Waals surface area contributed by atoms with Crippen LogP contribution in [0.5, 0.6) is 0 Å². The standard InChI is InChI=1S/C19H26N4O/c1-16-7-12-22(13-8-16)15-17-3-5-18(6-4-17)21-19(24)9-14-23-11-2-10-20-23/h2-6,10-11,16H,7-9,12-15H2,1H3,(H,21,24). The Hall–Kier alpha value is -2.14. The van der Waals surface area contributed by atoms with Crippen LogP contribution >= 0.6 is 0 Å². The molecule has 24 heavy (non-hydrogen) atoms. The van der Waals surface area contributed by atoms with E-state index in [2.05, 4.69) is 34.4 Å². The van der Waals surface area contributed by atoms with Crippen LogP contribution < -0.4 is 5.32 Å². The summed E-state index contributed by atoms with van der Waals surface area (Å²) in [4.78, 5) is 14.5. The molecule has 1 aliphatic rings. The average molecular weight is 326 g/mol. The van der Waals surface area contributed by atoms with E-state index in [1.807, 2.05) is 24.4 Å². The molecule has 5 nitrogen and oxygen atoms in total. The lowest BCUT2D eigenvalue weighted by molar-refractivity contribution is -0.116. The number of amides is 1. The number of anilines is 1. The minimum atomic E-state index is 0.0169. The van der Waals surface area contributed by atoms with Crippen LogP contribution in [0.25, 0.3) is 0 Å². The number of hydrogen-bond donors (Lipinski definition) is 1. The fraction of sp³-hybridized carbons (Fsp3) is 0.474. The highest BCUT2D eigenvalue weighted by atomic mass is 16.1. The van der Waals surface area contributed by atoms with E-state index in [1.165, 1.54) is 31.5 Å². The third kappa shape index (κ3) is 4.93. The summed E-state index contributed by atoms with van der Waals surface area (Å²) in [7, 11) is 0. The highest BCUT2D eigenvalue weighted by molar-refractivity contribution is 5.90. The fourth-order valence-corrected chi connectivity index (χ4v) is 3.04. The first kappa shape index (κ1) is 16.7. The molecule has 1 aliphatic heterocycles. The Morgan fingerprint density at radius 2 is 2.00 bits per heavy atom. The molecule has 0 bridgehead atoms. The van der Waals surface area contributed by atoms with Crippen molar-refractivity contribution in [3.05, 3.63) is 48.3 Å². The molecule has 1 N–H and O–H groups in total. The molecular formula is C19H26N4O. The van der Waals surface area contributed by atoms with Gasteiger partial charge in [-0.1, -0.05) is 19.1 Å². The predicted molar refractivity (Wildman–Crippen MR) is 95.6 cm³/mol. The number of rotatable bonds is 6. The summed E-state index contributed by atoms with van der Waals surface area (Å²) in [5.74, 6) is 0.879. The lowest BCUT2D eigenvalue weighted by Crippen LogP contribution is -2.32. The van der Waals surface area contributed by atoms with Gasteiger partial charge in [0.25, 0.3) is 0 Å². The second-order valence-electron chi connectivity index (χ2n) is 6.72. The van der Waals surface area contributed by atoms with E-state index in [0.29, 0.717) is 13.0 Å². The smallest absolute Gasteiger partial charge is 0.226 e. The lowest BCUT2D eigenvalue weighted by atomic mass is 9.99. The summed E-state index contributed by atoms with van der Waals surface area (Å²) in [6, 6.07) is 10.1. The van der Waals surface area contributed by atoms with Crippen molar-refractivity contribution in [2.75, 3.05) is 18.4 Å². The molecule has 1 fully saturated rings. The minimum Gasteiger partial charge on any atom is -0.326 e. The van der Waals surface area contributed by atoms with Gasteiger partial charge in [-0.2, -0.15) is 5.10 Å². The van der Waals surface area contributed by atoms with E-state index in [0.717, 1.165) is 18.2 Å². The van der Waals surface area contributed by atoms with Gasteiger partial charge in [-0.3, -0.25) is 14.4 Å². The summed E-state index contributed by atoms with van der Waals surface area (Å²) in [6.45, 7) is 6.31. The number of aryl methyl sites for hydroxylation is 1. The number of nitrogens with one attached hydrogen (secondary N) is 1. The molecule has 1 amide bonds. The van der Waals surface area contributed by atoms with Gasteiger partial charge in [0.1, 0.15) is 0 Å². The van der Waals surface area contributed by atoms with Crippen LogP contribution in [-0.2, 0) is 17.9 Å². The summed E-state index contributed by atoms with van der Waals surface area (Å²) in [5.41, 5.74) is 2.16. The molecule has 1 aromatic carbocycles. The topological polar surface area (TPSA) is 50.2 Å². The first-order valence-corrected chi connectivity index (χ1v) is 8.77. The monoisotopic (exact) mass is 326 g/mol. The van der Waals surface area contributed by atoms with E-state index >= 15 is 0 Å². The third-order valence-electron chi connectivity index (χ3n) is 4.65. The molecule has 1 aromatic heterocycles. The van der Waals surface area contributed by atoms with Gasteiger partial charge in [-0.05, 0) is 55.6 Å². The highest BCUT2D eigenvalue weighted by Crippen LogP contribution is 2.19. The van der Waals surface area contributed by atoms with Crippen LogP contribution in [-0.4, -0.2) is 33.7 Å². The quantitative estimate of drug-likeness (QED) is 0.887. The summed E-state index contributed by atoms with van der Waals surface area (Å²) in [6.07, 6.45) is 6.60. The summed E-state index contributed by atoms with van der Waals surface area (Å²) < 4.78 is 1.77. The maximum absolute atomic E-state index is 12.0. The van der Waals surface area contributed by atoms with E-state index in [1.54, 1.807) is 10.9 Å². The molecule has 0 radical (unpaired) electrons. The fourth-order valence-electron chi connectivity index (χ4n) is 3.04. The Labute approximate surface area is 143 Å². The van der Waals surface area contributed by atoms with E-state index in [-0.39, 0.29) is 5.91 Å². The maximum Gasteiger partial charge on any atom is 0.226 e. The molecule has 1 saturated heterocycles. The van der Waals surface area contributed by atoms with Gasteiger partial charge < -0.3 is 5.32 Å². The summed E-state index contributed by atoms with van der Waals surface area (Å²) in [5, 5.41) is 7.05. The SMILES string of the molecule is CC1CCN(Cc2ccc(NC(=O)CCn3cccn3)cc2)CC1. The zero-order valence-electron chi connectivity index (χ0n) is 14.3. The number of carbonyl (C=O) groups is 1. The number of likely N-dealkylation sites (tertiary alicyclic amines) is 1. The Morgan fingerprint density at radius 3 is 2.67 bits per heavy atom. The van der Waals surface area contributed by atoms with Crippen LogP contribution in [0.2, 0.25) is 0 Å². The molecular weight excluding hydrogens is 300 g/mol. The van der Waals surface area contributed by atoms with Crippen molar-refractivity contribution in [3.63, 3.8) is 0 Å². The van der Waals surface area contributed by atoms with Crippen molar-refractivity contribution >= 4 is 11.6 Å². The second-order valence-corrected chi connectivity index (χ2v) is 6.72. The van der Waals surface area contributed by atoms with Crippen LogP contribution in [0.1, 0.15) is 31.7 Å². The van der Waals surface area contributed by atoms with Gasteiger partial charge in [-0.25, -0.2) is 0 Å². The van der Waals surface area contributed by atoms with Crippen LogP contribution in [0, 0.1) is 5.92 Å². The Kier molecular flexibility index (Phi) is 5.64. The molecule has 2 heterocycles. The molecule has 0 atom stereocenters. The van der Waals surface area contributed by atoms with Gasteiger partial charge in [0, 0.05) is 37.6 Å². The molecule has 2 aromatic rings. The van der Waals surface area contributed by atoms with Gasteiger partial charge in [0.05, 0.1) is 0 Å².